The smallest absolute Gasteiger partial charge is 0.0278 e. The van der Waals surface area contributed by atoms with Gasteiger partial charge in [-0.25, -0.2) is 0 Å². The molecular formula is C54H46. The van der Waals surface area contributed by atoms with Crippen molar-refractivity contribution in [3.8, 4) is 33.4 Å². The normalized spacial score (nSPS) is 23.9. The molecule has 0 radical (unpaired) electrons. The Morgan fingerprint density at radius 2 is 1.04 bits per heavy atom. The van der Waals surface area contributed by atoms with Gasteiger partial charge in [0.05, 0.1) is 0 Å². The van der Waals surface area contributed by atoms with E-state index in [0.717, 1.165) is 11.8 Å². The lowest BCUT2D eigenvalue weighted by molar-refractivity contribution is -0.0393. The van der Waals surface area contributed by atoms with Crippen molar-refractivity contribution in [1.29, 1.82) is 0 Å². The minimum Gasteiger partial charge on any atom is -0.0616 e. The van der Waals surface area contributed by atoms with Gasteiger partial charge in [0.2, 0.25) is 0 Å². The Morgan fingerprint density at radius 3 is 1.70 bits per heavy atom. The van der Waals surface area contributed by atoms with Crippen LogP contribution in [-0.2, 0) is 10.8 Å². The summed E-state index contributed by atoms with van der Waals surface area (Å²) in [5, 5.41) is 10.9. The fraction of sp³-hybridized carbons (Fsp3) is 0.259. The van der Waals surface area contributed by atoms with Gasteiger partial charge in [-0.2, -0.15) is 0 Å². The third-order valence-electron chi connectivity index (χ3n) is 14.8. The number of hydrogen-bond acceptors (Lipinski definition) is 0. The van der Waals surface area contributed by atoms with Crippen molar-refractivity contribution in [1.82, 2.24) is 0 Å². The second-order valence-corrected chi connectivity index (χ2v) is 18.5. The van der Waals surface area contributed by atoms with Crippen LogP contribution in [0.3, 0.4) is 0 Å². The molecule has 5 aliphatic carbocycles. The van der Waals surface area contributed by atoms with Crippen LogP contribution in [0.5, 0.6) is 0 Å². The molecule has 0 unspecified atom stereocenters. The lowest BCUT2D eigenvalue weighted by atomic mass is 9.43. The summed E-state index contributed by atoms with van der Waals surface area (Å²) in [4.78, 5) is 0. The molecule has 0 amide bonds. The van der Waals surface area contributed by atoms with Crippen molar-refractivity contribution in [3.63, 3.8) is 0 Å². The van der Waals surface area contributed by atoms with E-state index in [1.165, 1.54) is 114 Å². The van der Waals surface area contributed by atoms with Crippen LogP contribution in [0.2, 0.25) is 0 Å². The molecule has 54 heavy (non-hydrogen) atoms. The van der Waals surface area contributed by atoms with Crippen LogP contribution in [0, 0.1) is 23.7 Å². The maximum atomic E-state index is 2.71. The van der Waals surface area contributed by atoms with Crippen LogP contribution in [0.25, 0.3) is 76.5 Å². The summed E-state index contributed by atoms with van der Waals surface area (Å²) >= 11 is 0. The lowest BCUT2D eigenvalue weighted by Gasteiger charge is -2.61. The fourth-order valence-electron chi connectivity index (χ4n) is 12.8. The molecule has 4 saturated carbocycles. The molecule has 5 aliphatic rings. The van der Waals surface area contributed by atoms with E-state index in [4.69, 9.17) is 0 Å². The second-order valence-electron chi connectivity index (χ2n) is 18.5. The highest BCUT2D eigenvalue weighted by molar-refractivity contribution is 6.23. The van der Waals surface area contributed by atoms with Gasteiger partial charge < -0.3 is 0 Å². The molecule has 0 aromatic heterocycles. The van der Waals surface area contributed by atoms with E-state index in [9.17, 15) is 0 Å². The van der Waals surface area contributed by atoms with E-state index in [2.05, 4.69) is 160 Å². The molecule has 4 bridgehead atoms. The van der Waals surface area contributed by atoms with Crippen molar-refractivity contribution < 1.29 is 0 Å². The van der Waals surface area contributed by atoms with Crippen LogP contribution in [0.1, 0.15) is 69.6 Å². The molecule has 262 valence electrons. The van der Waals surface area contributed by atoms with E-state index >= 15 is 0 Å². The third-order valence-corrected chi connectivity index (χ3v) is 14.8. The molecule has 0 heteroatoms. The summed E-state index contributed by atoms with van der Waals surface area (Å²) < 4.78 is 0. The maximum Gasteiger partial charge on any atom is 0.0278 e. The minimum atomic E-state index is 0.0748. The molecule has 0 nitrogen and oxygen atoms in total. The van der Waals surface area contributed by atoms with Gasteiger partial charge in [-0.15, -0.1) is 0 Å². The Kier molecular flexibility index (Phi) is 6.32. The largest absolute Gasteiger partial charge is 0.0616 e. The highest BCUT2D eigenvalue weighted by Crippen LogP contribution is 2.70. The molecule has 13 rings (SSSR count). The van der Waals surface area contributed by atoms with Crippen molar-refractivity contribution in [2.45, 2.75) is 63.7 Å². The SMILES string of the molecule is CC(C)(C)c1ccc2c3c(ccc2c1)-c1ccc(-c2c4ccccc4c(-c4cccc5ccccc45)c4ccccc24)cc1C31C2CC3CC(C2)CC1C3. The van der Waals surface area contributed by atoms with E-state index in [0.29, 0.717) is 11.8 Å². The Hall–Kier alpha value is -5.20. The molecule has 0 atom stereocenters. The van der Waals surface area contributed by atoms with Crippen LogP contribution in [0.4, 0.5) is 0 Å². The van der Waals surface area contributed by atoms with Gasteiger partial charge in [0.1, 0.15) is 0 Å². The summed E-state index contributed by atoms with van der Waals surface area (Å²) in [5.74, 6) is 3.23. The zero-order valence-corrected chi connectivity index (χ0v) is 31.6. The van der Waals surface area contributed by atoms with Gasteiger partial charge >= 0.3 is 0 Å². The Bertz CT molecular complexity index is 2790. The highest BCUT2D eigenvalue weighted by atomic mass is 14.6. The standard InChI is InChI=1S/C54H46/c1-53(2,3)37-21-24-41-35(30-37)19-23-48-42-22-20-36(31-49(42)54(52(41)48)38-26-32-25-33(28-38)29-39(54)27-32)50-44-14-6-8-16-46(44)51(47-17-9-7-15-45(47)50)43-18-10-12-34-11-4-5-13-40(34)43/h4-24,30-33,38-39H,25-29H2,1-3H3. The van der Waals surface area contributed by atoms with E-state index < -0.39 is 0 Å². The van der Waals surface area contributed by atoms with Crippen LogP contribution < -0.4 is 0 Å². The van der Waals surface area contributed by atoms with Gasteiger partial charge in [0, 0.05) is 5.41 Å². The molecular weight excluding hydrogens is 649 g/mol. The number of fused-ring (bicyclic) bond motifs is 8. The van der Waals surface area contributed by atoms with Gasteiger partial charge in [-0.1, -0.05) is 154 Å². The monoisotopic (exact) mass is 694 g/mol. The van der Waals surface area contributed by atoms with Gasteiger partial charge in [-0.05, 0) is 160 Å². The van der Waals surface area contributed by atoms with Gasteiger partial charge in [0.25, 0.3) is 0 Å². The first-order valence-corrected chi connectivity index (χ1v) is 20.5. The first-order valence-electron chi connectivity index (χ1n) is 20.5. The maximum absolute atomic E-state index is 2.71. The average Bonchev–Trinajstić information content (AvgIpc) is 3.48. The Labute approximate surface area is 318 Å². The number of rotatable bonds is 2. The predicted octanol–water partition coefficient (Wildman–Crippen LogP) is 14.7. The summed E-state index contributed by atoms with van der Waals surface area (Å²) in [6.07, 6.45) is 7.01. The highest BCUT2D eigenvalue weighted by Gasteiger charge is 2.62. The van der Waals surface area contributed by atoms with E-state index in [1.54, 1.807) is 11.1 Å². The van der Waals surface area contributed by atoms with Crippen LogP contribution in [0.15, 0.2) is 140 Å². The van der Waals surface area contributed by atoms with E-state index in [1.807, 2.05) is 0 Å². The van der Waals surface area contributed by atoms with Crippen molar-refractivity contribution in [2.75, 3.05) is 0 Å². The van der Waals surface area contributed by atoms with Crippen molar-refractivity contribution in [3.05, 3.63) is 156 Å². The fourth-order valence-corrected chi connectivity index (χ4v) is 12.8. The lowest BCUT2D eigenvalue weighted by Crippen LogP contribution is -2.55. The molecule has 0 aliphatic heterocycles. The molecule has 4 fully saturated rings. The second kappa shape index (κ2) is 10.9. The first kappa shape index (κ1) is 31.2. The minimum absolute atomic E-state index is 0.0748. The molecule has 0 N–H and O–H groups in total. The topological polar surface area (TPSA) is 0 Å². The zero-order valence-electron chi connectivity index (χ0n) is 31.6. The number of hydrogen-bond donors (Lipinski definition) is 0. The molecule has 0 saturated heterocycles. The molecule has 1 spiro atoms. The van der Waals surface area contributed by atoms with Crippen LogP contribution in [-0.4, -0.2) is 0 Å². The summed E-state index contributed by atoms with van der Waals surface area (Å²) in [7, 11) is 0. The molecule has 0 heterocycles. The Balaban J connectivity index is 1.14. The van der Waals surface area contributed by atoms with Crippen molar-refractivity contribution in [2.24, 2.45) is 23.7 Å². The van der Waals surface area contributed by atoms with Gasteiger partial charge in [0.15, 0.2) is 0 Å². The summed E-state index contributed by atoms with van der Waals surface area (Å²) in [6.45, 7) is 7.04. The quantitative estimate of drug-likeness (QED) is 0.158. The van der Waals surface area contributed by atoms with E-state index in [-0.39, 0.29) is 10.8 Å². The average molecular weight is 695 g/mol. The third kappa shape index (κ3) is 4.10. The van der Waals surface area contributed by atoms with Gasteiger partial charge in [-0.3, -0.25) is 0 Å². The first-order chi connectivity index (χ1) is 26.4. The summed E-state index contributed by atoms with van der Waals surface area (Å²) in [5.41, 5.74) is 13.3. The number of benzene rings is 8. The predicted molar refractivity (Wildman–Crippen MR) is 229 cm³/mol. The van der Waals surface area contributed by atoms with Crippen LogP contribution >= 0.6 is 0 Å². The molecule has 8 aromatic rings. The summed E-state index contributed by atoms with van der Waals surface area (Å²) in [6, 6.07) is 54.2. The molecule has 8 aromatic carbocycles. The Morgan fingerprint density at radius 1 is 0.444 bits per heavy atom. The zero-order chi connectivity index (χ0) is 35.9. The van der Waals surface area contributed by atoms with Crippen molar-refractivity contribution >= 4 is 43.1 Å².